The lowest BCUT2D eigenvalue weighted by Crippen LogP contribution is -1.98. The van der Waals surface area contributed by atoms with Crippen molar-refractivity contribution in [3.05, 3.63) is 68.3 Å². The molecule has 2 heteroatoms. The van der Waals surface area contributed by atoms with Gasteiger partial charge in [-0.25, -0.2) is 0 Å². The molecule has 94 valence electrons. The fourth-order valence-electron chi connectivity index (χ4n) is 2.03. The molecule has 2 rings (SSSR count). The molecule has 0 fully saturated rings. The Hall–Kier alpha value is -0.350. The molecule has 0 amide bonds. The van der Waals surface area contributed by atoms with E-state index in [0.29, 0.717) is 4.83 Å². The van der Waals surface area contributed by atoms with E-state index < -0.39 is 0 Å². The summed E-state index contributed by atoms with van der Waals surface area (Å²) >= 11 is 6.17. The second-order valence-electron chi connectivity index (χ2n) is 4.66. The number of hydrogen-bond acceptors (Lipinski definition) is 0. The van der Waals surface area contributed by atoms with Crippen molar-refractivity contribution >= 4 is 38.5 Å². The fraction of sp³-hybridized carbons (Fsp3) is 0.250. The Balaban J connectivity index is 2.21. The van der Waals surface area contributed by atoms with Crippen molar-refractivity contribution in [2.75, 3.05) is 0 Å². The van der Waals surface area contributed by atoms with Crippen LogP contribution in [-0.2, 0) is 6.42 Å². The van der Waals surface area contributed by atoms with Crippen molar-refractivity contribution in [2.24, 2.45) is 0 Å². The van der Waals surface area contributed by atoms with Crippen molar-refractivity contribution in [1.82, 2.24) is 0 Å². The Morgan fingerprint density at radius 1 is 1.11 bits per heavy atom. The van der Waals surface area contributed by atoms with Crippen LogP contribution in [0.2, 0.25) is 0 Å². The quantitative estimate of drug-likeness (QED) is 0.453. The second-order valence-corrected chi connectivity index (χ2v) is 7.01. The molecule has 0 nitrogen and oxygen atoms in total. The number of alkyl halides is 1. The highest BCUT2D eigenvalue weighted by Crippen LogP contribution is 2.29. The van der Waals surface area contributed by atoms with Gasteiger partial charge in [0.2, 0.25) is 0 Å². The molecule has 18 heavy (non-hydrogen) atoms. The average Bonchev–Trinajstić information content (AvgIpc) is 2.34. The van der Waals surface area contributed by atoms with Crippen LogP contribution < -0.4 is 0 Å². The molecule has 0 aliphatic carbocycles. The van der Waals surface area contributed by atoms with Gasteiger partial charge in [0, 0.05) is 8.40 Å². The minimum atomic E-state index is 0.382. The third-order valence-electron chi connectivity index (χ3n) is 3.11. The van der Waals surface area contributed by atoms with E-state index in [-0.39, 0.29) is 0 Å². The largest absolute Gasteiger partial charge is 0.0835 e. The molecule has 0 bridgehead atoms. The number of benzene rings is 2. The molecule has 0 aromatic heterocycles. The van der Waals surface area contributed by atoms with Crippen LogP contribution >= 0.6 is 38.5 Å². The van der Waals surface area contributed by atoms with Gasteiger partial charge in [-0.2, -0.15) is 0 Å². The first-order valence-electron chi connectivity index (χ1n) is 6.02. The van der Waals surface area contributed by atoms with E-state index >= 15 is 0 Å². The molecule has 0 radical (unpaired) electrons. The molecule has 0 spiro atoms. The van der Waals surface area contributed by atoms with Crippen LogP contribution in [0.3, 0.4) is 0 Å². The first-order chi connectivity index (χ1) is 8.56. The van der Waals surface area contributed by atoms with Gasteiger partial charge in [-0.1, -0.05) is 51.8 Å². The monoisotopic (exact) mass is 414 g/mol. The molecular weight excluding hydrogens is 399 g/mol. The molecule has 0 aliphatic heterocycles. The highest BCUT2D eigenvalue weighted by atomic mass is 127. The van der Waals surface area contributed by atoms with Crippen LogP contribution in [-0.4, -0.2) is 0 Å². The van der Waals surface area contributed by atoms with Gasteiger partial charge in [0.25, 0.3) is 0 Å². The Bertz CT molecular complexity index is 549. The molecule has 1 atom stereocenters. The lowest BCUT2D eigenvalue weighted by atomic mass is 9.99. The Morgan fingerprint density at radius 2 is 1.89 bits per heavy atom. The van der Waals surface area contributed by atoms with E-state index in [1.54, 1.807) is 0 Å². The predicted molar refractivity (Wildman–Crippen MR) is 90.4 cm³/mol. The van der Waals surface area contributed by atoms with E-state index in [4.69, 9.17) is 0 Å². The molecule has 0 heterocycles. The van der Waals surface area contributed by atoms with Crippen molar-refractivity contribution in [3.8, 4) is 0 Å². The summed E-state index contributed by atoms with van der Waals surface area (Å²) in [4.78, 5) is 0.382. The maximum atomic E-state index is 3.81. The average molecular weight is 415 g/mol. The molecule has 0 aliphatic rings. The molecule has 2 aromatic rings. The number of halogens is 2. The van der Waals surface area contributed by atoms with Crippen LogP contribution in [0.4, 0.5) is 0 Å². The maximum absolute atomic E-state index is 3.81. The summed E-state index contributed by atoms with van der Waals surface area (Å²) in [7, 11) is 0. The minimum absolute atomic E-state index is 0.382. The van der Waals surface area contributed by atoms with Crippen molar-refractivity contribution < 1.29 is 0 Å². The van der Waals surface area contributed by atoms with Crippen molar-refractivity contribution in [1.29, 1.82) is 0 Å². The zero-order chi connectivity index (χ0) is 13.1. The number of hydrogen-bond donors (Lipinski definition) is 0. The van der Waals surface area contributed by atoms with Gasteiger partial charge in [0.05, 0.1) is 0 Å². The van der Waals surface area contributed by atoms with E-state index in [9.17, 15) is 0 Å². The standard InChI is InChI=1S/C16H16BrI/c1-11-6-7-12(2)14(8-11)10-16(17)13-4-3-5-15(18)9-13/h3-9,16H,10H2,1-2H3. The first-order valence-corrected chi connectivity index (χ1v) is 8.01. The lowest BCUT2D eigenvalue weighted by molar-refractivity contribution is 0.935. The van der Waals surface area contributed by atoms with Gasteiger partial charge in [-0.05, 0) is 71.7 Å². The van der Waals surface area contributed by atoms with Crippen molar-refractivity contribution in [2.45, 2.75) is 25.1 Å². The normalized spacial score (nSPS) is 12.4. The smallest absolute Gasteiger partial charge is 0.0436 e. The SMILES string of the molecule is Cc1ccc(C)c(CC(Br)c2cccc(I)c2)c1. The first kappa shape index (κ1) is 14.1. The summed E-state index contributed by atoms with van der Waals surface area (Å²) in [5.41, 5.74) is 5.48. The summed E-state index contributed by atoms with van der Waals surface area (Å²) < 4.78 is 1.29. The highest BCUT2D eigenvalue weighted by Gasteiger charge is 2.10. The van der Waals surface area contributed by atoms with Gasteiger partial charge in [-0.15, -0.1) is 0 Å². The maximum Gasteiger partial charge on any atom is 0.0436 e. The van der Waals surface area contributed by atoms with Crippen molar-refractivity contribution in [3.63, 3.8) is 0 Å². The molecule has 0 saturated heterocycles. The van der Waals surface area contributed by atoms with Crippen LogP contribution in [0.5, 0.6) is 0 Å². The Labute approximate surface area is 131 Å². The molecule has 0 saturated carbocycles. The van der Waals surface area contributed by atoms with Crippen LogP contribution in [0.1, 0.15) is 27.1 Å². The lowest BCUT2D eigenvalue weighted by Gasteiger charge is -2.13. The summed E-state index contributed by atoms with van der Waals surface area (Å²) in [5, 5.41) is 0. The van der Waals surface area contributed by atoms with Gasteiger partial charge >= 0.3 is 0 Å². The Kier molecular flexibility index (Phi) is 4.84. The summed E-state index contributed by atoms with van der Waals surface area (Å²) in [5.74, 6) is 0. The van der Waals surface area contributed by atoms with E-state index in [1.165, 1.54) is 25.8 Å². The molecule has 0 N–H and O–H groups in total. The zero-order valence-electron chi connectivity index (χ0n) is 10.6. The van der Waals surface area contributed by atoms with Gasteiger partial charge < -0.3 is 0 Å². The topological polar surface area (TPSA) is 0 Å². The predicted octanol–water partition coefficient (Wildman–Crippen LogP) is 5.59. The van der Waals surface area contributed by atoms with Crippen LogP contribution in [0.15, 0.2) is 42.5 Å². The molecule has 2 aromatic carbocycles. The van der Waals surface area contributed by atoms with Crippen LogP contribution in [0.25, 0.3) is 0 Å². The van der Waals surface area contributed by atoms with Crippen LogP contribution in [0, 0.1) is 17.4 Å². The third-order valence-corrected chi connectivity index (χ3v) is 4.64. The van der Waals surface area contributed by atoms with Gasteiger partial charge in [0.15, 0.2) is 0 Å². The number of rotatable bonds is 3. The highest BCUT2D eigenvalue weighted by molar-refractivity contribution is 14.1. The zero-order valence-corrected chi connectivity index (χ0v) is 14.3. The summed E-state index contributed by atoms with van der Waals surface area (Å²) in [6.45, 7) is 4.33. The Morgan fingerprint density at radius 3 is 2.61 bits per heavy atom. The second kappa shape index (κ2) is 6.20. The summed E-state index contributed by atoms with van der Waals surface area (Å²) in [6.07, 6.45) is 1.04. The minimum Gasteiger partial charge on any atom is -0.0835 e. The van der Waals surface area contributed by atoms with Gasteiger partial charge in [0.1, 0.15) is 0 Å². The molecule has 1 unspecified atom stereocenters. The van der Waals surface area contributed by atoms with E-state index in [0.717, 1.165) is 6.42 Å². The third kappa shape index (κ3) is 3.58. The summed E-state index contributed by atoms with van der Waals surface area (Å²) in [6, 6.07) is 15.3. The fourth-order valence-corrected chi connectivity index (χ4v) is 3.23. The molecular formula is C16H16BrI. The van der Waals surface area contributed by atoms with Gasteiger partial charge in [-0.3, -0.25) is 0 Å². The number of aryl methyl sites for hydroxylation is 2. The van der Waals surface area contributed by atoms with E-state index in [2.05, 4.69) is 94.8 Å². The van der Waals surface area contributed by atoms with E-state index in [1.807, 2.05) is 0 Å².